The molecule has 1 amide bonds. The number of amides is 1. The van der Waals surface area contributed by atoms with Gasteiger partial charge in [-0.3, -0.25) is 4.79 Å². The van der Waals surface area contributed by atoms with Gasteiger partial charge in [0.25, 0.3) is 0 Å². The van der Waals surface area contributed by atoms with Crippen LogP contribution in [-0.4, -0.2) is 15.9 Å². The molecular formula is C14H13N3O2S. The summed E-state index contributed by atoms with van der Waals surface area (Å²) in [5.41, 5.74) is 3.32. The van der Waals surface area contributed by atoms with Crippen LogP contribution in [0.3, 0.4) is 0 Å². The Morgan fingerprint density at radius 1 is 1.40 bits per heavy atom. The SMILES string of the molecule is Cc1nc(NC(=O)Cc2ccc3ncoc3c2)sc1C. The number of aromatic nitrogens is 2. The molecule has 0 fully saturated rings. The van der Waals surface area contributed by atoms with Crippen LogP contribution in [0.25, 0.3) is 11.1 Å². The number of hydrogen-bond donors (Lipinski definition) is 1. The van der Waals surface area contributed by atoms with E-state index in [2.05, 4.69) is 15.3 Å². The van der Waals surface area contributed by atoms with Crippen LogP contribution in [0.5, 0.6) is 0 Å². The van der Waals surface area contributed by atoms with Crippen LogP contribution >= 0.6 is 11.3 Å². The van der Waals surface area contributed by atoms with E-state index in [1.165, 1.54) is 17.7 Å². The van der Waals surface area contributed by atoms with Crippen LogP contribution in [-0.2, 0) is 11.2 Å². The number of anilines is 1. The zero-order valence-corrected chi connectivity index (χ0v) is 12.0. The van der Waals surface area contributed by atoms with Crippen molar-refractivity contribution < 1.29 is 9.21 Å². The molecule has 102 valence electrons. The summed E-state index contributed by atoms with van der Waals surface area (Å²) >= 11 is 1.49. The number of thiazole rings is 1. The number of carbonyl (C=O) groups is 1. The van der Waals surface area contributed by atoms with E-state index in [1.54, 1.807) is 0 Å². The van der Waals surface area contributed by atoms with Crippen LogP contribution in [0.15, 0.2) is 29.0 Å². The second kappa shape index (κ2) is 5.05. The minimum Gasteiger partial charge on any atom is -0.443 e. The van der Waals surface area contributed by atoms with Gasteiger partial charge < -0.3 is 9.73 Å². The zero-order chi connectivity index (χ0) is 14.1. The number of nitrogens with zero attached hydrogens (tertiary/aromatic N) is 2. The molecule has 20 heavy (non-hydrogen) atoms. The maximum Gasteiger partial charge on any atom is 0.230 e. The molecule has 0 aliphatic carbocycles. The van der Waals surface area contributed by atoms with Crippen molar-refractivity contribution in [1.29, 1.82) is 0 Å². The van der Waals surface area contributed by atoms with Gasteiger partial charge in [-0.05, 0) is 31.5 Å². The summed E-state index contributed by atoms with van der Waals surface area (Å²) in [6.45, 7) is 3.92. The number of benzene rings is 1. The molecule has 1 N–H and O–H groups in total. The average Bonchev–Trinajstić information content (AvgIpc) is 2.96. The maximum absolute atomic E-state index is 12.0. The van der Waals surface area contributed by atoms with E-state index in [0.29, 0.717) is 10.7 Å². The smallest absolute Gasteiger partial charge is 0.230 e. The normalized spacial score (nSPS) is 10.9. The van der Waals surface area contributed by atoms with Gasteiger partial charge >= 0.3 is 0 Å². The van der Waals surface area contributed by atoms with E-state index >= 15 is 0 Å². The van der Waals surface area contributed by atoms with Crippen LogP contribution < -0.4 is 5.32 Å². The van der Waals surface area contributed by atoms with Gasteiger partial charge in [-0.2, -0.15) is 0 Å². The quantitative estimate of drug-likeness (QED) is 0.803. The van der Waals surface area contributed by atoms with Crippen molar-refractivity contribution in [2.24, 2.45) is 0 Å². The Labute approximate surface area is 119 Å². The van der Waals surface area contributed by atoms with Crippen molar-refractivity contribution in [3.05, 3.63) is 40.7 Å². The molecule has 0 unspecified atom stereocenters. The fourth-order valence-electron chi connectivity index (χ4n) is 1.88. The minimum atomic E-state index is -0.0855. The van der Waals surface area contributed by atoms with Crippen LogP contribution in [0.4, 0.5) is 5.13 Å². The molecule has 0 atom stereocenters. The van der Waals surface area contributed by atoms with Gasteiger partial charge in [-0.25, -0.2) is 9.97 Å². The van der Waals surface area contributed by atoms with Gasteiger partial charge in [-0.1, -0.05) is 6.07 Å². The molecular weight excluding hydrogens is 274 g/mol. The van der Waals surface area contributed by atoms with Crippen LogP contribution in [0.2, 0.25) is 0 Å². The summed E-state index contributed by atoms with van der Waals surface area (Å²) in [6, 6.07) is 5.56. The highest BCUT2D eigenvalue weighted by Gasteiger charge is 2.09. The number of carbonyl (C=O) groups excluding carboxylic acids is 1. The fourth-order valence-corrected chi connectivity index (χ4v) is 2.72. The Hall–Kier alpha value is -2.21. The summed E-state index contributed by atoms with van der Waals surface area (Å²) in [6.07, 6.45) is 1.68. The average molecular weight is 287 g/mol. The van der Waals surface area contributed by atoms with E-state index in [1.807, 2.05) is 32.0 Å². The van der Waals surface area contributed by atoms with Crippen molar-refractivity contribution >= 4 is 33.5 Å². The van der Waals surface area contributed by atoms with E-state index in [9.17, 15) is 4.79 Å². The van der Waals surface area contributed by atoms with Gasteiger partial charge in [0, 0.05) is 4.88 Å². The first-order valence-corrected chi connectivity index (χ1v) is 6.99. The fraction of sp³-hybridized carbons (Fsp3) is 0.214. The van der Waals surface area contributed by atoms with Crippen molar-refractivity contribution in [3.63, 3.8) is 0 Å². The Kier molecular flexibility index (Phi) is 3.23. The minimum absolute atomic E-state index is 0.0855. The summed E-state index contributed by atoms with van der Waals surface area (Å²) in [5, 5.41) is 3.46. The van der Waals surface area contributed by atoms with Crippen molar-refractivity contribution in [1.82, 2.24) is 9.97 Å². The van der Waals surface area contributed by atoms with E-state index in [4.69, 9.17) is 4.42 Å². The van der Waals surface area contributed by atoms with Crippen molar-refractivity contribution in [2.75, 3.05) is 5.32 Å². The summed E-state index contributed by atoms with van der Waals surface area (Å²) in [5.74, 6) is -0.0855. The Morgan fingerprint density at radius 3 is 3.00 bits per heavy atom. The number of nitrogens with one attached hydrogen (secondary N) is 1. The van der Waals surface area contributed by atoms with Gasteiger partial charge in [0.2, 0.25) is 5.91 Å². The van der Waals surface area contributed by atoms with Crippen molar-refractivity contribution in [3.8, 4) is 0 Å². The summed E-state index contributed by atoms with van der Waals surface area (Å²) in [7, 11) is 0. The molecule has 5 nitrogen and oxygen atoms in total. The van der Waals surface area contributed by atoms with Gasteiger partial charge in [0.05, 0.1) is 12.1 Å². The summed E-state index contributed by atoms with van der Waals surface area (Å²) in [4.78, 5) is 21.4. The Balaban J connectivity index is 1.71. The first-order chi connectivity index (χ1) is 9.61. The van der Waals surface area contributed by atoms with Gasteiger partial charge in [0.15, 0.2) is 17.1 Å². The van der Waals surface area contributed by atoms with E-state index in [0.717, 1.165) is 21.7 Å². The Bertz CT molecular complexity index is 756. The standard InChI is InChI=1S/C14H13N3O2S/c1-8-9(2)20-14(16-8)17-13(18)6-10-3-4-11-12(5-10)19-7-15-11/h3-5,7H,6H2,1-2H3,(H,16,17,18). The molecule has 0 spiro atoms. The molecule has 3 rings (SSSR count). The summed E-state index contributed by atoms with van der Waals surface area (Å²) < 4.78 is 5.22. The molecule has 0 saturated heterocycles. The predicted molar refractivity (Wildman–Crippen MR) is 77.9 cm³/mol. The zero-order valence-electron chi connectivity index (χ0n) is 11.1. The monoisotopic (exact) mass is 287 g/mol. The van der Waals surface area contributed by atoms with Gasteiger partial charge in [0.1, 0.15) is 5.52 Å². The van der Waals surface area contributed by atoms with Crippen LogP contribution in [0, 0.1) is 13.8 Å². The highest BCUT2D eigenvalue weighted by Crippen LogP contribution is 2.21. The van der Waals surface area contributed by atoms with Gasteiger partial charge in [-0.15, -0.1) is 11.3 Å². The predicted octanol–water partition coefficient (Wildman–Crippen LogP) is 3.08. The molecule has 0 saturated carbocycles. The lowest BCUT2D eigenvalue weighted by Crippen LogP contribution is -2.14. The second-order valence-corrected chi connectivity index (χ2v) is 5.74. The lowest BCUT2D eigenvalue weighted by molar-refractivity contribution is -0.115. The third-order valence-corrected chi connectivity index (χ3v) is 4.02. The number of aryl methyl sites for hydroxylation is 2. The lowest BCUT2D eigenvalue weighted by Gasteiger charge is -2.01. The first-order valence-electron chi connectivity index (χ1n) is 6.18. The topological polar surface area (TPSA) is 68.0 Å². The molecule has 0 radical (unpaired) electrons. The van der Waals surface area contributed by atoms with Crippen LogP contribution in [0.1, 0.15) is 16.1 Å². The third-order valence-electron chi connectivity index (χ3n) is 3.04. The molecule has 2 heterocycles. The lowest BCUT2D eigenvalue weighted by atomic mass is 10.1. The largest absolute Gasteiger partial charge is 0.443 e. The first kappa shape index (κ1) is 12.8. The van der Waals surface area contributed by atoms with E-state index < -0.39 is 0 Å². The number of rotatable bonds is 3. The number of oxazole rings is 1. The van der Waals surface area contributed by atoms with E-state index in [-0.39, 0.29) is 12.3 Å². The highest BCUT2D eigenvalue weighted by atomic mass is 32.1. The van der Waals surface area contributed by atoms with Crippen molar-refractivity contribution in [2.45, 2.75) is 20.3 Å². The molecule has 0 aliphatic heterocycles. The highest BCUT2D eigenvalue weighted by molar-refractivity contribution is 7.15. The molecule has 3 aromatic rings. The maximum atomic E-state index is 12.0. The molecule has 6 heteroatoms. The third kappa shape index (κ3) is 2.55. The molecule has 2 aromatic heterocycles. The molecule has 0 aliphatic rings. The second-order valence-electron chi connectivity index (χ2n) is 4.54. The number of hydrogen-bond acceptors (Lipinski definition) is 5. The molecule has 1 aromatic carbocycles. The molecule has 0 bridgehead atoms. The number of fused-ring (bicyclic) bond motifs is 1. The Morgan fingerprint density at radius 2 is 2.25 bits per heavy atom.